The van der Waals surface area contributed by atoms with Crippen LogP contribution in [0.25, 0.3) is 22.4 Å². The minimum Gasteiger partial charge on any atom is -0.352 e. The number of aryl methyl sites for hydroxylation is 1. The van der Waals surface area contributed by atoms with E-state index in [-0.39, 0.29) is 17.3 Å². The lowest BCUT2D eigenvalue weighted by atomic mass is 10.0. The molecule has 0 bridgehead atoms. The van der Waals surface area contributed by atoms with Gasteiger partial charge in [0.2, 0.25) is 15.9 Å². The van der Waals surface area contributed by atoms with E-state index >= 15 is 0 Å². The van der Waals surface area contributed by atoms with Crippen LogP contribution in [-0.2, 0) is 14.8 Å². The van der Waals surface area contributed by atoms with E-state index in [1.165, 1.54) is 9.87 Å². The summed E-state index contributed by atoms with van der Waals surface area (Å²) in [6.07, 6.45) is 1.53. The third kappa shape index (κ3) is 6.86. The second-order valence-corrected chi connectivity index (χ2v) is 12.5. The van der Waals surface area contributed by atoms with Crippen LogP contribution in [0.3, 0.4) is 0 Å². The lowest BCUT2D eigenvalue weighted by molar-refractivity contribution is -0.131. The third-order valence-corrected chi connectivity index (χ3v) is 9.49. The van der Waals surface area contributed by atoms with Crippen molar-refractivity contribution in [2.45, 2.75) is 31.6 Å². The van der Waals surface area contributed by atoms with Crippen molar-refractivity contribution in [1.82, 2.24) is 19.4 Å². The molecule has 5 rings (SSSR count). The van der Waals surface area contributed by atoms with Gasteiger partial charge < -0.3 is 9.80 Å². The van der Waals surface area contributed by atoms with Gasteiger partial charge in [0.15, 0.2) is 5.82 Å². The SMILES string of the molecule is CCCCN(CC(=O)N1CCN(c2ccc(-c3ccc(-c4ccccc4)cc3)nn2)CC1)S(=O)(=O)c1ccc(C)cc1. The van der Waals surface area contributed by atoms with Gasteiger partial charge in [0.25, 0.3) is 0 Å². The van der Waals surface area contributed by atoms with Crippen molar-refractivity contribution in [3.63, 3.8) is 0 Å². The summed E-state index contributed by atoms with van der Waals surface area (Å²) in [6, 6.07) is 29.3. The number of rotatable bonds is 10. The molecular weight excluding hydrogens is 546 g/mol. The Morgan fingerprint density at radius 2 is 1.43 bits per heavy atom. The van der Waals surface area contributed by atoms with Crippen LogP contribution in [0, 0.1) is 6.92 Å². The van der Waals surface area contributed by atoms with E-state index in [4.69, 9.17) is 0 Å². The van der Waals surface area contributed by atoms with Gasteiger partial charge in [-0.3, -0.25) is 4.79 Å². The Bertz CT molecular complexity index is 1570. The minimum atomic E-state index is -3.76. The van der Waals surface area contributed by atoms with Crippen molar-refractivity contribution in [1.29, 1.82) is 0 Å². The Labute approximate surface area is 248 Å². The molecule has 1 fully saturated rings. The first kappa shape index (κ1) is 29.4. The molecule has 2 heterocycles. The molecule has 1 aliphatic rings. The van der Waals surface area contributed by atoms with Crippen molar-refractivity contribution in [2.24, 2.45) is 0 Å². The highest BCUT2D eigenvalue weighted by atomic mass is 32.2. The second-order valence-electron chi connectivity index (χ2n) is 10.6. The molecule has 42 heavy (non-hydrogen) atoms. The molecular formula is C33H37N5O3S. The first-order valence-corrected chi connectivity index (χ1v) is 15.9. The lowest BCUT2D eigenvalue weighted by Gasteiger charge is -2.36. The van der Waals surface area contributed by atoms with E-state index in [0.29, 0.717) is 39.1 Å². The van der Waals surface area contributed by atoms with Gasteiger partial charge in [0.1, 0.15) is 0 Å². The summed E-state index contributed by atoms with van der Waals surface area (Å²) in [6.45, 7) is 6.28. The fraction of sp³-hybridized carbons (Fsp3) is 0.303. The number of carbonyl (C=O) groups excluding carboxylic acids is 1. The number of sulfonamides is 1. The summed E-state index contributed by atoms with van der Waals surface area (Å²) in [5.41, 5.74) is 5.11. The first-order chi connectivity index (χ1) is 20.3. The molecule has 218 valence electrons. The van der Waals surface area contributed by atoms with Gasteiger partial charge in [-0.2, -0.15) is 4.31 Å². The Kier molecular flexibility index (Phi) is 9.29. The van der Waals surface area contributed by atoms with E-state index < -0.39 is 10.0 Å². The van der Waals surface area contributed by atoms with E-state index in [9.17, 15) is 13.2 Å². The molecule has 1 aliphatic heterocycles. The summed E-state index contributed by atoms with van der Waals surface area (Å²) in [5, 5.41) is 8.93. The number of hydrogen-bond donors (Lipinski definition) is 0. The maximum absolute atomic E-state index is 13.3. The topological polar surface area (TPSA) is 86.7 Å². The molecule has 0 N–H and O–H groups in total. The monoisotopic (exact) mass is 583 g/mol. The number of benzene rings is 3. The molecule has 8 nitrogen and oxygen atoms in total. The third-order valence-electron chi connectivity index (χ3n) is 7.63. The van der Waals surface area contributed by atoms with Crippen LogP contribution in [0.1, 0.15) is 25.3 Å². The average molecular weight is 584 g/mol. The minimum absolute atomic E-state index is 0.159. The highest BCUT2D eigenvalue weighted by Crippen LogP contribution is 2.25. The number of amides is 1. The molecule has 0 atom stereocenters. The summed E-state index contributed by atoms with van der Waals surface area (Å²) in [4.78, 5) is 17.3. The van der Waals surface area contributed by atoms with Gasteiger partial charge in [0.05, 0.1) is 17.1 Å². The van der Waals surface area contributed by atoms with Crippen molar-refractivity contribution in [3.05, 3.63) is 96.6 Å². The number of aromatic nitrogens is 2. The maximum Gasteiger partial charge on any atom is 0.243 e. The van der Waals surface area contributed by atoms with Crippen molar-refractivity contribution >= 4 is 21.7 Å². The summed E-state index contributed by atoms with van der Waals surface area (Å²) >= 11 is 0. The number of piperazine rings is 1. The van der Waals surface area contributed by atoms with Crippen molar-refractivity contribution < 1.29 is 13.2 Å². The molecule has 0 saturated carbocycles. The predicted octanol–water partition coefficient (Wildman–Crippen LogP) is 5.26. The molecule has 3 aromatic carbocycles. The average Bonchev–Trinajstić information content (AvgIpc) is 3.04. The number of carbonyl (C=O) groups is 1. The number of hydrogen-bond acceptors (Lipinski definition) is 6. The Morgan fingerprint density at radius 1 is 0.786 bits per heavy atom. The van der Waals surface area contributed by atoms with Crippen LogP contribution in [0.5, 0.6) is 0 Å². The molecule has 0 aliphatic carbocycles. The quantitative estimate of drug-likeness (QED) is 0.253. The van der Waals surface area contributed by atoms with E-state index in [2.05, 4.69) is 51.5 Å². The van der Waals surface area contributed by atoms with Gasteiger partial charge in [0, 0.05) is 38.3 Å². The zero-order chi connectivity index (χ0) is 29.5. The van der Waals surface area contributed by atoms with Crippen LogP contribution in [0.15, 0.2) is 95.9 Å². The molecule has 1 amide bonds. The fourth-order valence-electron chi connectivity index (χ4n) is 5.03. The van der Waals surface area contributed by atoms with Crippen LogP contribution in [-0.4, -0.2) is 73.0 Å². The van der Waals surface area contributed by atoms with E-state index in [1.807, 2.05) is 44.2 Å². The van der Waals surface area contributed by atoms with Gasteiger partial charge in [-0.15, -0.1) is 10.2 Å². The Hall–Kier alpha value is -4.08. The molecule has 1 saturated heterocycles. The normalized spacial score (nSPS) is 13.9. The van der Waals surface area contributed by atoms with Crippen molar-refractivity contribution in [2.75, 3.05) is 44.2 Å². The summed E-state index contributed by atoms with van der Waals surface area (Å²) in [5.74, 6) is 0.583. The molecule has 0 spiro atoms. The fourth-order valence-corrected chi connectivity index (χ4v) is 6.45. The summed E-state index contributed by atoms with van der Waals surface area (Å²) < 4.78 is 28.0. The van der Waals surface area contributed by atoms with Crippen LogP contribution in [0.4, 0.5) is 5.82 Å². The molecule has 9 heteroatoms. The zero-order valence-electron chi connectivity index (χ0n) is 24.2. The van der Waals surface area contributed by atoms with Gasteiger partial charge >= 0.3 is 0 Å². The molecule has 1 aromatic heterocycles. The van der Waals surface area contributed by atoms with Crippen LogP contribution < -0.4 is 4.90 Å². The predicted molar refractivity (Wildman–Crippen MR) is 167 cm³/mol. The Morgan fingerprint density at radius 3 is 2.05 bits per heavy atom. The Balaban J connectivity index is 1.18. The summed E-state index contributed by atoms with van der Waals surface area (Å²) in [7, 11) is -3.76. The standard InChI is InChI=1S/C33H37N5O3S/c1-3-4-20-38(42(40,41)30-16-10-26(2)11-17-30)25-33(39)37-23-21-36(22-24-37)32-19-18-31(34-35-32)29-14-12-28(13-15-29)27-8-6-5-7-9-27/h5-19H,3-4,20-25H2,1-2H3. The molecule has 0 radical (unpaired) electrons. The van der Waals surface area contributed by atoms with Gasteiger partial charge in [-0.05, 0) is 48.7 Å². The first-order valence-electron chi connectivity index (χ1n) is 14.4. The maximum atomic E-state index is 13.3. The largest absolute Gasteiger partial charge is 0.352 e. The smallest absolute Gasteiger partial charge is 0.243 e. The zero-order valence-corrected chi connectivity index (χ0v) is 25.0. The van der Waals surface area contributed by atoms with Gasteiger partial charge in [-0.25, -0.2) is 8.42 Å². The van der Waals surface area contributed by atoms with E-state index in [1.54, 1.807) is 29.2 Å². The highest BCUT2D eigenvalue weighted by Gasteiger charge is 2.29. The van der Waals surface area contributed by atoms with Crippen LogP contribution >= 0.6 is 0 Å². The van der Waals surface area contributed by atoms with Crippen LogP contribution in [0.2, 0.25) is 0 Å². The number of unbranched alkanes of at least 4 members (excludes halogenated alkanes) is 1. The number of nitrogens with zero attached hydrogens (tertiary/aromatic N) is 5. The van der Waals surface area contributed by atoms with E-state index in [0.717, 1.165) is 34.6 Å². The lowest BCUT2D eigenvalue weighted by Crippen LogP contribution is -2.52. The molecule has 4 aromatic rings. The number of anilines is 1. The van der Waals surface area contributed by atoms with Gasteiger partial charge in [-0.1, -0.05) is 85.6 Å². The molecule has 0 unspecified atom stereocenters. The highest BCUT2D eigenvalue weighted by molar-refractivity contribution is 7.89. The van der Waals surface area contributed by atoms with Crippen molar-refractivity contribution in [3.8, 4) is 22.4 Å². The second kappa shape index (κ2) is 13.3.